The molecule has 0 unspecified atom stereocenters. The van der Waals surface area contributed by atoms with Crippen LogP contribution in [0.25, 0.3) is 11.9 Å². The molecule has 0 radical (unpaired) electrons. The van der Waals surface area contributed by atoms with Crippen molar-refractivity contribution in [2.45, 2.75) is 0 Å². The molecule has 6 nitrogen and oxygen atoms in total. The maximum Gasteiger partial charge on any atom is 0.244 e. The maximum absolute atomic E-state index is 11.7. The lowest BCUT2D eigenvalue weighted by Gasteiger charge is -2.07. The van der Waals surface area contributed by atoms with E-state index in [0.717, 1.165) is 16.5 Å². The van der Waals surface area contributed by atoms with Gasteiger partial charge in [-0.05, 0) is 29.7 Å². The highest BCUT2D eigenvalue weighted by Gasteiger charge is 2.00. The lowest BCUT2D eigenvalue weighted by atomic mass is 10.4. The number of aromatic nitrogens is 3. The second kappa shape index (κ2) is 8.07. The summed E-state index contributed by atoms with van der Waals surface area (Å²) in [6.07, 6.45) is 8.71. The molecule has 3 heterocycles. The molecule has 0 aliphatic rings. The highest BCUT2D eigenvalue weighted by Crippen LogP contribution is 2.10. The summed E-state index contributed by atoms with van der Waals surface area (Å²) < 4.78 is 1.91. The Bertz CT molecular complexity index is 796. The van der Waals surface area contributed by atoms with Gasteiger partial charge in [0.15, 0.2) is 0 Å². The first-order valence-electron chi connectivity index (χ1n) is 7.50. The fraction of sp³-hybridized carbons (Fsp3) is 0.118. The number of carbonyl (C=O) groups is 1. The first-order valence-corrected chi connectivity index (χ1v) is 8.38. The first-order chi connectivity index (χ1) is 11.8. The average molecular weight is 339 g/mol. The number of nitrogens with zero attached hydrogens (tertiary/aromatic N) is 3. The van der Waals surface area contributed by atoms with Crippen molar-refractivity contribution in [3.8, 4) is 5.82 Å². The third-order valence-electron chi connectivity index (χ3n) is 3.19. The second-order valence-electron chi connectivity index (χ2n) is 4.92. The van der Waals surface area contributed by atoms with Crippen LogP contribution in [0.3, 0.4) is 0 Å². The van der Waals surface area contributed by atoms with Gasteiger partial charge in [-0.15, -0.1) is 11.3 Å². The van der Waals surface area contributed by atoms with Gasteiger partial charge in [0.2, 0.25) is 5.91 Å². The summed E-state index contributed by atoms with van der Waals surface area (Å²) in [6.45, 7) is 1.09. The van der Waals surface area contributed by atoms with E-state index in [1.54, 1.807) is 23.5 Å². The van der Waals surface area contributed by atoms with Crippen LogP contribution in [-0.4, -0.2) is 33.5 Å². The predicted octanol–water partition coefficient (Wildman–Crippen LogP) is 2.57. The highest BCUT2D eigenvalue weighted by atomic mass is 32.1. The van der Waals surface area contributed by atoms with Crippen LogP contribution in [0.4, 0.5) is 5.82 Å². The molecule has 0 saturated heterocycles. The van der Waals surface area contributed by atoms with Gasteiger partial charge in [-0.2, -0.15) is 0 Å². The van der Waals surface area contributed by atoms with Crippen LogP contribution < -0.4 is 10.6 Å². The van der Waals surface area contributed by atoms with E-state index in [4.69, 9.17) is 0 Å². The number of anilines is 1. The molecule has 0 spiro atoms. The normalized spacial score (nSPS) is 10.8. The lowest BCUT2D eigenvalue weighted by molar-refractivity contribution is -0.116. The largest absolute Gasteiger partial charge is 0.368 e. The quantitative estimate of drug-likeness (QED) is 0.513. The zero-order chi connectivity index (χ0) is 16.6. The Balaban J connectivity index is 1.43. The van der Waals surface area contributed by atoms with Crippen molar-refractivity contribution in [1.82, 2.24) is 19.9 Å². The minimum absolute atomic E-state index is 0.110. The van der Waals surface area contributed by atoms with Gasteiger partial charge in [0.05, 0.1) is 0 Å². The average Bonchev–Trinajstić information content (AvgIpc) is 3.31. The van der Waals surface area contributed by atoms with Crippen LogP contribution in [0.2, 0.25) is 0 Å². The second-order valence-corrected chi connectivity index (χ2v) is 5.90. The van der Waals surface area contributed by atoms with Crippen molar-refractivity contribution < 1.29 is 4.79 Å². The summed E-state index contributed by atoms with van der Waals surface area (Å²) in [6, 6.07) is 9.66. The summed E-state index contributed by atoms with van der Waals surface area (Å²) >= 11 is 1.60. The van der Waals surface area contributed by atoms with Gasteiger partial charge >= 0.3 is 0 Å². The Morgan fingerprint density at radius 1 is 1.21 bits per heavy atom. The highest BCUT2D eigenvalue weighted by molar-refractivity contribution is 7.10. The molecule has 3 aromatic rings. The van der Waals surface area contributed by atoms with Crippen molar-refractivity contribution in [3.63, 3.8) is 0 Å². The van der Waals surface area contributed by atoms with E-state index in [1.807, 2.05) is 52.7 Å². The third-order valence-corrected chi connectivity index (χ3v) is 4.03. The number of hydrogen-bond donors (Lipinski definition) is 2. The lowest BCUT2D eigenvalue weighted by Crippen LogP contribution is -2.27. The standard InChI is InChI=1S/C17H17N5OS/c23-17(6-5-14-4-3-11-24-14)19-8-7-18-15-12-16(21-13-20-15)22-9-1-2-10-22/h1-6,9-13H,7-8H2,(H,19,23)(H,18,20,21)/b6-5+. The van der Waals surface area contributed by atoms with Gasteiger partial charge in [0, 0.05) is 42.5 Å². The van der Waals surface area contributed by atoms with E-state index in [2.05, 4.69) is 20.6 Å². The summed E-state index contributed by atoms with van der Waals surface area (Å²) in [5.74, 6) is 1.40. The van der Waals surface area contributed by atoms with Crippen molar-refractivity contribution in [1.29, 1.82) is 0 Å². The van der Waals surface area contributed by atoms with E-state index < -0.39 is 0 Å². The topological polar surface area (TPSA) is 71.8 Å². The molecule has 2 N–H and O–H groups in total. The summed E-state index contributed by atoms with van der Waals surface area (Å²) in [5, 5.41) is 7.97. The van der Waals surface area contributed by atoms with E-state index in [9.17, 15) is 4.79 Å². The Labute approximate surface area is 143 Å². The maximum atomic E-state index is 11.7. The smallest absolute Gasteiger partial charge is 0.244 e. The molecule has 122 valence electrons. The molecule has 7 heteroatoms. The van der Waals surface area contributed by atoms with Crippen molar-refractivity contribution in [3.05, 3.63) is 65.4 Å². The number of amides is 1. The molecule has 0 aliphatic carbocycles. The molecule has 0 aliphatic heterocycles. The molecule has 0 bridgehead atoms. The Hall–Kier alpha value is -2.93. The van der Waals surface area contributed by atoms with Gasteiger partial charge in [-0.1, -0.05) is 6.07 Å². The Morgan fingerprint density at radius 2 is 2.08 bits per heavy atom. The zero-order valence-corrected chi connectivity index (χ0v) is 13.7. The minimum Gasteiger partial charge on any atom is -0.368 e. The minimum atomic E-state index is -0.110. The molecular weight excluding hydrogens is 322 g/mol. The van der Waals surface area contributed by atoms with Crippen molar-refractivity contribution in [2.24, 2.45) is 0 Å². The van der Waals surface area contributed by atoms with E-state index in [0.29, 0.717) is 13.1 Å². The van der Waals surface area contributed by atoms with Gasteiger partial charge in [0.25, 0.3) is 0 Å². The van der Waals surface area contributed by atoms with Gasteiger partial charge in [-0.25, -0.2) is 9.97 Å². The molecule has 3 aromatic heterocycles. The van der Waals surface area contributed by atoms with Crippen LogP contribution in [0.5, 0.6) is 0 Å². The van der Waals surface area contributed by atoms with Crippen molar-refractivity contribution >= 4 is 29.1 Å². The van der Waals surface area contributed by atoms with Crippen LogP contribution in [0.15, 0.2) is 60.5 Å². The number of nitrogens with one attached hydrogen (secondary N) is 2. The SMILES string of the molecule is O=C(/C=C/c1cccs1)NCCNc1cc(-n2cccc2)ncn1. The molecule has 24 heavy (non-hydrogen) atoms. The number of rotatable bonds is 7. The number of thiophene rings is 1. The van der Waals surface area contributed by atoms with Crippen LogP contribution in [0, 0.1) is 0 Å². The van der Waals surface area contributed by atoms with Crippen LogP contribution in [-0.2, 0) is 4.79 Å². The van der Waals surface area contributed by atoms with Gasteiger partial charge < -0.3 is 15.2 Å². The van der Waals surface area contributed by atoms with Crippen LogP contribution in [0.1, 0.15) is 4.88 Å². The monoisotopic (exact) mass is 339 g/mol. The van der Waals surface area contributed by atoms with Gasteiger partial charge in [0.1, 0.15) is 18.0 Å². The predicted molar refractivity (Wildman–Crippen MR) is 96.2 cm³/mol. The fourth-order valence-electron chi connectivity index (χ4n) is 2.05. The van der Waals surface area contributed by atoms with E-state index in [1.165, 1.54) is 6.33 Å². The number of hydrogen-bond acceptors (Lipinski definition) is 5. The Morgan fingerprint density at radius 3 is 2.88 bits per heavy atom. The Kier molecular flexibility index (Phi) is 5.36. The molecule has 1 amide bonds. The molecule has 0 saturated carbocycles. The van der Waals surface area contributed by atoms with E-state index >= 15 is 0 Å². The van der Waals surface area contributed by atoms with Gasteiger partial charge in [-0.3, -0.25) is 4.79 Å². The molecule has 0 fully saturated rings. The summed E-state index contributed by atoms with van der Waals surface area (Å²) in [5.41, 5.74) is 0. The van der Waals surface area contributed by atoms with Crippen molar-refractivity contribution in [2.75, 3.05) is 18.4 Å². The molecule has 0 atom stereocenters. The number of carbonyl (C=O) groups excluding carboxylic acids is 1. The third kappa shape index (κ3) is 4.53. The molecular formula is C17H17N5OS. The fourth-order valence-corrected chi connectivity index (χ4v) is 2.67. The summed E-state index contributed by atoms with van der Waals surface area (Å²) in [4.78, 5) is 21.2. The van der Waals surface area contributed by atoms with E-state index in [-0.39, 0.29) is 5.91 Å². The molecule has 3 rings (SSSR count). The zero-order valence-electron chi connectivity index (χ0n) is 12.9. The molecule has 0 aromatic carbocycles. The summed E-state index contributed by atoms with van der Waals surface area (Å²) in [7, 11) is 0. The van der Waals surface area contributed by atoms with Crippen LogP contribution >= 0.6 is 11.3 Å². The first kappa shape index (κ1) is 15.9.